The van der Waals surface area contributed by atoms with E-state index in [4.69, 9.17) is 0 Å². The highest BCUT2D eigenvalue weighted by molar-refractivity contribution is 6.00. The number of ketones is 1. The molecule has 1 heterocycles. The van der Waals surface area contributed by atoms with Crippen molar-refractivity contribution in [1.82, 2.24) is 14.9 Å². The van der Waals surface area contributed by atoms with Crippen molar-refractivity contribution in [2.75, 3.05) is 13.1 Å². The van der Waals surface area contributed by atoms with Crippen LogP contribution in [-0.2, 0) is 6.54 Å². The van der Waals surface area contributed by atoms with Gasteiger partial charge < -0.3 is 9.88 Å². The minimum Gasteiger partial charge on any atom is -0.329 e. The third-order valence-corrected chi connectivity index (χ3v) is 3.11. The molecule has 1 aromatic heterocycles. The second-order valence-electron chi connectivity index (χ2n) is 4.31. The van der Waals surface area contributed by atoms with Crippen molar-refractivity contribution in [2.24, 2.45) is 0 Å². The van der Waals surface area contributed by atoms with E-state index in [1.54, 1.807) is 0 Å². The van der Waals surface area contributed by atoms with Crippen molar-refractivity contribution in [2.45, 2.75) is 27.3 Å². The normalized spacial score (nSPS) is 11.1. The summed E-state index contributed by atoms with van der Waals surface area (Å²) in [6.07, 6.45) is 0. The van der Waals surface area contributed by atoms with Crippen LogP contribution in [0.15, 0.2) is 18.2 Å². The Kier molecular flexibility index (Phi) is 3.77. The zero-order valence-corrected chi connectivity index (χ0v) is 11.2. The number of rotatable bonds is 5. The van der Waals surface area contributed by atoms with Crippen molar-refractivity contribution in [3.05, 3.63) is 29.6 Å². The Morgan fingerprint density at radius 3 is 2.83 bits per heavy atom. The number of carbonyl (C=O) groups is 1. The molecule has 0 fully saturated rings. The maximum Gasteiger partial charge on any atom is 0.176 e. The van der Waals surface area contributed by atoms with Crippen LogP contribution >= 0.6 is 0 Å². The summed E-state index contributed by atoms with van der Waals surface area (Å²) in [5.41, 5.74) is 2.72. The third kappa shape index (κ3) is 2.29. The molecule has 0 bridgehead atoms. The third-order valence-electron chi connectivity index (χ3n) is 3.11. The Balaban J connectivity index is 2.36. The molecule has 0 saturated carbocycles. The molecule has 0 saturated heterocycles. The highest BCUT2D eigenvalue weighted by atomic mass is 16.1. The van der Waals surface area contributed by atoms with Crippen LogP contribution in [0, 0.1) is 6.92 Å². The maximum absolute atomic E-state index is 11.9. The van der Waals surface area contributed by atoms with Gasteiger partial charge in [0.25, 0.3) is 0 Å². The van der Waals surface area contributed by atoms with Crippen LogP contribution in [0.2, 0.25) is 0 Å². The standard InChI is InChI=1S/C14H19N3O/c1-4-15-9-14(18)11-6-7-13-12(8-11)16-10(3)17(13)5-2/h6-8,15H,4-5,9H2,1-3H3. The zero-order chi connectivity index (χ0) is 13.1. The molecule has 1 N–H and O–H groups in total. The van der Waals surface area contributed by atoms with Crippen LogP contribution in [0.25, 0.3) is 11.0 Å². The molecule has 0 spiro atoms. The fourth-order valence-electron chi connectivity index (χ4n) is 2.16. The predicted octanol–water partition coefficient (Wildman–Crippen LogP) is 2.16. The summed E-state index contributed by atoms with van der Waals surface area (Å²) in [6.45, 7) is 8.16. The van der Waals surface area contributed by atoms with Crippen LogP contribution < -0.4 is 5.32 Å². The minimum atomic E-state index is 0.113. The van der Waals surface area contributed by atoms with Crippen molar-refractivity contribution in [3.8, 4) is 0 Å². The molecule has 4 heteroatoms. The number of aryl methyl sites for hydroxylation is 2. The van der Waals surface area contributed by atoms with Gasteiger partial charge in [-0.2, -0.15) is 0 Å². The zero-order valence-electron chi connectivity index (χ0n) is 11.2. The number of carbonyl (C=O) groups excluding carboxylic acids is 1. The van der Waals surface area contributed by atoms with E-state index in [0.717, 1.165) is 35.5 Å². The molecule has 0 radical (unpaired) electrons. The molecule has 0 aliphatic rings. The van der Waals surface area contributed by atoms with Gasteiger partial charge in [0, 0.05) is 12.1 Å². The number of aromatic nitrogens is 2. The largest absolute Gasteiger partial charge is 0.329 e. The summed E-state index contributed by atoms with van der Waals surface area (Å²) in [5.74, 6) is 1.10. The first-order valence-corrected chi connectivity index (χ1v) is 6.38. The maximum atomic E-state index is 11.9. The van der Waals surface area contributed by atoms with Crippen LogP contribution in [0.5, 0.6) is 0 Å². The highest BCUT2D eigenvalue weighted by Gasteiger charge is 2.10. The van der Waals surface area contributed by atoms with Gasteiger partial charge in [0.2, 0.25) is 0 Å². The summed E-state index contributed by atoms with van der Waals surface area (Å²) in [4.78, 5) is 16.4. The number of nitrogens with one attached hydrogen (secondary N) is 1. The smallest absolute Gasteiger partial charge is 0.176 e. The number of hydrogen-bond acceptors (Lipinski definition) is 3. The average Bonchev–Trinajstić information content (AvgIpc) is 2.69. The van der Waals surface area contributed by atoms with E-state index in [1.807, 2.05) is 32.0 Å². The quantitative estimate of drug-likeness (QED) is 0.821. The number of hydrogen-bond donors (Lipinski definition) is 1. The molecule has 0 unspecified atom stereocenters. The van der Waals surface area contributed by atoms with E-state index in [-0.39, 0.29) is 5.78 Å². The Morgan fingerprint density at radius 1 is 1.39 bits per heavy atom. The van der Waals surface area contributed by atoms with Gasteiger partial charge in [-0.15, -0.1) is 0 Å². The minimum absolute atomic E-state index is 0.113. The van der Waals surface area contributed by atoms with Crippen molar-refractivity contribution < 1.29 is 4.79 Å². The number of imidazole rings is 1. The average molecular weight is 245 g/mol. The lowest BCUT2D eigenvalue weighted by molar-refractivity contribution is 0.0992. The Labute approximate surface area is 107 Å². The van der Waals surface area contributed by atoms with Gasteiger partial charge in [-0.1, -0.05) is 6.92 Å². The number of nitrogens with zero attached hydrogens (tertiary/aromatic N) is 2. The Morgan fingerprint density at radius 2 is 2.17 bits per heavy atom. The molecule has 0 amide bonds. The number of benzene rings is 1. The SMILES string of the molecule is CCNCC(=O)c1ccc2c(c1)nc(C)n2CC. The van der Waals surface area contributed by atoms with Gasteiger partial charge in [-0.25, -0.2) is 4.98 Å². The lowest BCUT2D eigenvalue weighted by atomic mass is 10.1. The van der Waals surface area contributed by atoms with E-state index in [0.29, 0.717) is 6.54 Å². The first kappa shape index (κ1) is 12.8. The van der Waals surface area contributed by atoms with Gasteiger partial charge in [-0.05, 0) is 38.6 Å². The number of fused-ring (bicyclic) bond motifs is 1. The molecule has 2 rings (SSSR count). The topological polar surface area (TPSA) is 46.9 Å². The van der Waals surface area contributed by atoms with Crippen molar-refractivity contribution >= 4 is 16.8 Å². The predicted molar refractivity (Wildman–Crippen MR) is 73.0 cm³/mol. The van der Waals surface area contributed by atoms with Gasteiger partial charge in [0.1, 0.15) is 5.82 Å². The van der Waals surface area contributed by atoms with E-state index < -0.39 is 0 Å². The number of Topliss-reactive ketones (excluding diaryl/α,β-unsaturated/α-hetero) is 1. The van der Waals surface area contributed by atoms with Crippen LogP contribution in [0.3, 0.4) is 0 Å². The lowest BCUT2D eigenvalue weighted by Crippen LogP contribution is -2.22. The molecular formula is C14H19N3O. The van der Waals surface area contributed by atoms with Gasteiger partial charge >= 0.3 is 0 Å². The molecule has 4 nitrogen and oxygen atoms in total. The second-order valence-corrected chi connectivity index (χ2v) is 4.31. The van der Waals surface area contributed by atoms with Gasteiger partial charge in [0.15, 0.2) is 5.78 Å². The molecule has 96 valence electrons. The van der Waals surface area contributed by atoms with Crippen molar-refractivity contribution in [3.63, 3.8) is 0 Å². The van der Waals surface area contributed by atoms with Crippen LogP contribution in [0.4, 0.5) is 0 Å². The van der Waals surface area contributed by atoms with Gasteiger partial charge in [0.05, 0.1) is 17.6 Å². The van der Waals surface area contributed by atoms with E-state index >= 15 is 0 Å². The Hall–Kier alpha value is -1.68. The monoisotopic (exact) mass is 245 g/mol. The lowest BCUT2D eigenvalue weighted by Gasteiger charge is -2.03. The molecular weight excluding hydrogens is 226 g/mol. The summed E-state index contributed by atoms with van der Waals surface area (Å²) < 4.78 is 2.15. The molecule has 2 aromatic rings. The fourth-order valence-corrected chi connectivity index (χ4v) is 2.16. The van der Waals surface area contributed by atoms with Crippen LogP contribution in [-0.4, -0.2) is 28.4 Å². The first-order chi connectivity index (χ1) is 8.67. The van der Waals surface area contributed by atoms with E-state index in [1.165, 1.54) is 0 Å². The summed E-state index contributed by atoms with van der Waals surface area (Å²) in [5, 5.41) is 3.05. The molecule has 0 atom stereocenters. The second kappa shape index (κ2) is 5.31. The molecule has 1 aromatic carbocycles. The summed E-state index contributed by atoms with van der Waals surface area (Å²) >= 11 is 0. The summed E-state index contributed by atoms with van der Waals surface area (Å²) in [6, 6.07) is 5.75. The number of likely N-dealkylation sites (N-methyl/N-ethyl adjacent to an activating group) is 1. The van der Waals surface area contributed by atoms with E-state index in [2.05, 4.69) is 21.8 Å². The molecule has 18 heavy (non-hydrogen) atoms. The van der Waals surface area contributed by atoms with Gasteiger partial charge in [-0.3, -0.25) is 4.79 Å². The first-order valence-electron chi connectivity index (χ1n) is 6.38. The van der Waals surface area contributed by atoms with Crippen molar-refractivity contribution in [1.29, 1.82) is 0 Å². The van der Waals surface area contributed by atoms with E-state index in [9.17, 15) is 4.79 Å². The molecule has 0 aliphatic carbocycles. The Bertz CT molecular complexity index is 572. The fraction of sp³-hybridized carbons (Fsp3) is 0.429. The highest BCUT2D eigenvalue weighted by Crippen LogP contribution is 2.17. The summed E-state index contributed by atoms with van der Waals surface area (Å²) in [7, 11) is 0. The van der Waals surface area contributed by atoms with Crippen LogP contribution in [0.1, 0.15) is 30.0 Å². The molecule has 0 aliphatic heterocycles.